The lowest BCUT2D eigenvalue weighted by atomic mass is 9.96. The smallest absolute Gasteiger partial charge is 0.254 e. The Hall–Kier alpha value is -4.00. The molecule has 3 rings (SSSR count). The Kier molecular flexibility index (Phi) is 7.11. The van der Waals surface area contributed by atoms with E-state index in [0.29, 0.717) is 40.7 Å². The third-order valence-corrected chi connectivity index (χ3v) is 4.66. The van der Waals surface area contributed by atoms with E-state index in [4.69, 9.17) is 0 Å². The van der Waals surface area contributed by atoms with Crippen LogP contribution in [0.1, 0.15) is 35.0 Å². The summed E-state index contributed by atoms with van der Waals surface area (Å²) < 4.78 is 0. The van der Waals surface area contributed by atoms with Gasteiger partial charge < -0.3 is 16.0 Å². The molecule has 0 radical (unpaired) electrons. The second-order valence-electron chi connectivity index (χ2n) is 6.86. The van der Waals surface area contributed by atoms with Crippen LogP contribution >= 0.6 is 0 Å². The van der Waals surface area contributed by atoms with Crippen LogP contribution in [0.2, 0.25) is 0 Å². The number of aliphatic imine (C=N–C) groups is 1. The molecule has 0 saturated heterocycles. The monoisotopic (exact) mass is 414 g/mol. The van der Waals surface area contributed by atoms with Crippen LogP contribution in [0.25, 0.3) is 5.57 Å². The van der Waals surface area contributed by atoms with E-state index in [2.05, 4.69) is 57.6 Å². The van der Waals surface area contributed by atoms with Gasteiger partial charge in [0.25, 0.3) is 5.91 Å². The number of amides is 1. The molecule has 7 heteroatoms. The van der Waals surface area contributed by atoms with Gasteiger partial charge in [0.05, 0.1) is 23.1 Å². The maximum Gasteiger partial charge on any atom is 0.254 e. The maximum absolute atomic E-state index is 12.6. The molecule has 1 aliphatic heterocycles. The molecule has 7 nitrogen and oxygen atoms in total. The molecule has 2 aromatic rings. The van der Waals surface area contributed by atoms with Gasteiger partial charge in [-0.25, -0.2) is 9.98 Å². The number of rotatable bonds is 10. The summed E-state index contributed by atoms with van der Waals surface area (Å²) in [5, 5.41) is 9.18. The van der Waals surface area contributed by atoms with Crippen LogP contribution in [0.15, 0.2) is 78.9 Å². The number of anilines is 2. The zero-order valence-corrected chi connectivity index (χ0v) is 17.6. The predicted octanol–water partition coefficient (Wildman–Crippen LogP) is 4.13. The number of aromatic nitrogens is 2. The van der Waals surface area contributed by atoms with Gasteiger partial charge >= 0.3 is 0 Å². The Morgan fingerprint density at radius 3 is 2.87 bits per heavy atom. The summed E-state index contributed by atoms with van der Waals surface area (Å²) in [6, 6.07) is 5.53. The Morgan fingerprint density at radius 1 is 1.32 bits per heavy atom. The van der Waals surface area contributed by atoms with Crippen molar-refractivity contribution in [3.63, 3.8) is 0 Å². The number of nitrogens with zero attached hydrogens (tertiary/aromatic N) is 3. The molecule has 0 spiro atoms. The minimum Gasteiger partial charge on any atom is -0.371 e. The van der Waals surface area contributed by atoms with E-state index in [1.807, 2.05) is 18.2 Å². The number of hydrogen-bond donors (Lipinski definition) is 3. The van der Waals surface area contributed by atoms with Gasteiger partial charge in [-0.3, -0.25) is 9.78 Å². The third-order valence-electron chi connectivity index (χ3n) is 4.66. The van der Waals surface area contributed by atoms with Crippen molar-refractivity contribution in [2.24, 2.45) is 4.99 Å². The average molecular weight is 415 g/mol. The van der Waals surface area contributed by atoms with Crippen molar-refractivity contribution in [2.75, 3.05) is 11.9 Å². The first-order valence-corrected chi connectivity index (χ1v) is 10.0. The molecule has 0 saturated carbocycles. The summed E-state index contributed by atoms with van der Waals surface area (Å²) >= 11 is 0. The average Bonchev–Trinajstić information content (AvgIpc) is 3.18. The summed E-state index contributed by atoms with van der Waals surface area (Å²) in [5.41, 5.74) is 4.00. The maximum atomic E-state index is 12.6. The van der Waals surface area contributed by atoms with Gasteiger partial charge in [-0.1, -0.05) is 38.8 Å². The molecule has 0 bridgehead atoms. The lowest BCUT2D eigenvalue weighted by Crippen LogP contribution is -2.13. The van der Waals surface area contributed by atoms with E-state index in [9.17, 15) is 4.79 Å². The Morgan fingerprint density at radius 2 is 2.16 bits per heavy atom. The standard InChI is InChI=1S/C24H26N6O/c1-5-11-25-17(4)26-13-10-18(16(3)6-2)23-19-14-29-24(31)22(19)20(15-28-23)30-21-9-7-8-12-27-21/h6-10,12-13,15,25H,2-5,11,14H2,1H3,(H,27,30)(H,29,31)/b18-10+,26-13?. The fraction of sp³-hybridized carbons (Fsp3) is 0.167. The van der Waals surface area contributed by atoms with Gasteiger partial charge in [0.2, 0.25) is 0 Å². The fourth-order valence-electron chi connectivity index (χ4n) is 3.11. The fourth-order valence-corrected chi connectivity index (χ4v) is 3.11. The number of carbonyl (C=O) groups excluding carboxylic acids is 1. The van der Waals surface area contributed by atoms with E-state index in [0.717, 1.165) is 24.1 Å². The van der Waals surface area contributed by atoms with Crippen molar-refractivity contribution >= 4 is 29.2 Å². The molecule has 0 aromatic carbocycles. The first-order chi connectivity index (χ1) is 15.0. The lowest BCUT2D eigenvalue weighted by Gasteiger charge is -2.14. The number of carbonyl (C=O) groups is 1. The van der Waals surface area contributed by atoms with Gasteiger partial charge in [-0.05, 0) is 30.2 Å². The Labute approximate surface area is 182 Å². The van der Waals surface area contributed by atoms with Gasteiger partial charge in [0.1, 0.15) is 11.6 Å². The number of nitrogens with one attached hydrogen (secondary N) is 3. The van der Waals surface area contributed by atoms with Crippen molar-refractivity contribution in [2.45, 2.75) is 19.9 Å². The van der Waals surface area contributed by atoms with Gasteiger partial charge in [-0.15, -0.1) is 0 Å². The Bertz CT molecular complexity index is 1070. The lowest BCUT2D eigenvalue weighted by molar-refractivity contribution is 0.0966. The van der Waals surface area contributed by atoms with Crippen LogP contribution in [0.4, 0.5) is 11.5 Å². The van der Waals surface area contributed by atoms with Gasteiger partial charge in [-0.2, -0.15) is 0 Å². The number of pyridine rings is 2. The zero-order valence-electron chi connectivity index (χ0n) is 17.6. The Balaban J connectivity index is 1.99. The SMILES string of the molecule is C=CC(=C)/C(=C\C=NC(=C)NCCC)c1ncc(Nc2ccccn2)c2c1CNC2=O. The summed E-state index contributed by atoms with van der Waals surface area (Å²) in [5.74, 6) is 1.05. The first-order valence-electron chi connectivity index (χ1n) is 10.0. The molecule has 1 aliphatic rings. The van der Waals surface area contributed by atoms with Gasteiger partial charge in [0, 0.05) is 36.6 Å². The van der Waals surface area contributed by atoms with E-state index >= 15 is 0 Å². The molecule has 1 amide bonds. The number of allylic oxidation sites excluding steroid dienone is 4. The topological polar surface area (TPSA) is 91.3 Å². The second kappa shape index (κ2) is 10.2. The van der Waals surface area contributed by atoms with E-state index < -0.39 is 0 Å². The summed E-state index contributed by atoms with van der Waals surface area (Å²) in [6.45, 7) is 15.0. The summed E-state index contributed by atoms with van der Waals surface area (Å²) in [6.07, 6.45) is 9.41. The quantitative estimate of drug-likeness (QED) is 0.402. The van der Waals surface area contributed by atoms with Crippen LogP contribution in [-0.2, 0) is 6.54 Å². The number of hydrogen-bond acceptors (Lipinski definition) is 6. The third kappa shape index (κ3) is 5.14. The van der Waals surface area contributed by atoms with Gasteiger partial charge in [0.15, 0.2) is 0 Å². The zero-order chi connectivity index (χ0) is 22.2. The molecule has 0 atom stereocenters. The van der Waals surface area contributed by atoms with Crippen LogP contribution in [0, 0.1) is 0 Å². The predicted molar refractivity (Wildman–Crippen MR) is 126 cm³/mol. The molecule has 158 valence electrons. The summed E-state index contributed by atoms with van der Waals surface area (Å²) in [4.78, 5) is 25.8. The molecule has 0 aliphatic carbocycles. The van der Waals surface area contributed by atoms with Crippen LogP contribution in [-0.4, -0.2) is 28.6 Å². The molecular weight excluding hydrogens is 388 g/mol. The molecule has 0 unspecified atom stereocenters. The minimum atomic E-state index is -0.161. The van der Waals surface area contributed by atoms with Crippen molar-refractivity contribution in [1.82, 2.24) is 20.6 Å². The minimum absolute atomic E-state index is 0.161. The highest BCUT2D eigenvalue weighted by atomic mass is 16.1. The highest BCUT2D eigenvalue weighted by Gasteiger charge is 2.28. The number of fused-ring (bicyclic) bond motifs is 1. The molecule has 31 heavy (non-hydrogen) atoms. The van der Waals surface area contributed by atoms with Crippen molar-refractivity contribution in [1.29, 1.82) is 0 Å². The van der Waals surface area contributed by atoms with Crippen molar-refractivity contribution in [3.05, 3.63) is 90.7 Å². The van der Waals surface area contributed by atoms with Crippen LogP contribution in [0.5, 0.6) is 0 Å². The van der Waals surface area contributed by atoms with Crippen molar-refractivity contribution in [3.8, 4) is 0 Å². The normalized spacial score (nSPS) is 12.9. The highest BCUT2D eigenvalue weighted by molar-refractivity contribution is 6.06. The van der Waals surface area contributed by atoms with E-state index in [-0.39, 0.29) is 5.91 Å². The van der Waals surface area contributed by atoms with E-state index in [1.54, 1.807) is 30.8 Å². The second-order valence-corrected chi connectivity index (χ2v) is 6.86. The van der Waals surface area contributed by atoms with E-state index in [1.165, 1.54) is 0 Å². The molecule has 3 heterocycles. The molecule has 2 aromatic heterocycles. The molecule has 3 N–H and O–H groups in total. The van der Waals surface area contributed by atoms with Crippen LogP contribution in [0.3, 0.4) is 0 Å². The van der Waals surface area contributed by atoms with Crippen molar-refractivity contribution < 1.29 is 4.79 Å². The molecular formula is C24H26N6O. The highest BCUT2D eigenvalue weighted by Crippen LogP contribution is 2.33. The van der Waals surface area contributed by atoms with Crippen LogP contribution < -0.4 is 16.0 Å². The largest absolute Gasteiger partial charge is 0.371 e. The first kappa shape index (κ1) is 21.7. The summed E-state index contributed by atoms with van der Waals surface area (Å²) in [7, 11) is 0. The molecule has 0 fully saturated rings.